The molecule has 2 rings (SSSR count). The van der Waals surface area contributed by atoms with Crippen molar-refractivity contribution in [1.82, 2.24) is 5.32 Å². The first-order valence-electron chi connectivity index (χ1n) is 6.32. The lowest BCUT2D eigenvalue weighted by Gasteiger charge is -2.04. The van der Waals surface area contributed by atoms with Crippen molar-refractivity contribution in [2.45, 2.75) is 19.8 Å². The van der Waals surface area contributed by atoms with Gasteiger partial charge in [-0.2, -0.15) is 0 Å². The second-order valence-electron chi connectivity index (χ2n) is 4.29. The highest BCUT2D eigenvalue weighted by Gasteiger charge is 2.18. The van der Waals surface area contributed by atoms with E-state index < -0.39 is 0 Å². The molecule has 4 nitrogen and oxygen atoms in total. The molecule has 3 N–H and O–H groups in total. The summed E-state index contributed by atoms with van der Waals surface area (Å²) in [5.74, 6) is 0.605. The number of benzene rings is 1. The molecule has 102 valence electrons. The standard InChI is InChI=1S/C14H18N2O2S/c1-3-4-8-16-14(17)13-12(15)11-9(18-2)6-5-7-10(11)19-13/h5-7H,3-4,8,15H2,1-2H3,(H,16,17). The Morgan fingerprint density at radius 3 is 2.95 bits per heavy atom. The van der Waals surface area contributed by atoms with Crippen LogP contribution < -0.4 is 15.8 Å². The number of nitrogens with two attached hydrogens (primary N) is 1. The Bertz CT molecular complexity index is 592. The van der Waals surface area contributed by atoms with Gasteiger partial charge in [0.1, 0.15) is 10.6 Å². The van der Waals surface area contributed by atoms with Gasteiger partial charge in [-0.3, -0.25) is 4.79 Å². The normalized spacial score (nSPS) is 10.6. The third-order valence-corrected chi connectivity index (χ3v) is 4.13. The number of hydrogen-bond donors (Lipinski definition) is 2. The number of rotatable bonds is 5. The molecular weight excluding hydrogens is 260 g/mol. The second kappa shape index (κ2) is 5.93. The molecule has 0 saturated heterocycles. The Hall–Kier alpha value is -1.75. The van der Waals surface area contributed by atoms with Gasteiger partial charge in [0.05, 0.1) is 18.2 Å². The van der Waals surface area contributed by atoms with Crippen molar-refractivity contribution in [3.63, 3.8) is 0 Å². The number of ether oxygens (including phenoxy) is 1. The zero-order valence-electron chi connectivity index (χ0n) is 11.2. The van der Waals surface area contributed by atoms with Crippen LogP contribution in [0.1, 0.15) is 29.4 Å². The molecule has 1 aromatic carbocycles. The van der Waals surface area contributed by atoms with E-state index in [1.807, 2.05) is 18.2 Å². The maximum atomic E-state index is 12.1. The lowest BCUT2D eigenvalue weighted by atomic mass is 10.2. The summed E-state index contributed by atoms with van der Waals surface area (Å²) >= 11 is 1.40. The second-order valence-corrected chi connectivity index (χ2v) is 5.34. The molecule has 0 spiro atoms. The number of fused-ring (bicyclic) bond motifs is 1. The molecule has 0 bridgehead atoms. The molecule has 0 saturated carbocycles. The fourth-order valence-corrected chi connectivity index (χ4v) is 2.99. The van der Waals surface area contributed by atoms with Gasteiger partial charge in [0.2, 0.25) is 0 Å². The highest BCUT2D eigenvalue weighted by molar-refractivity contribution is 7.21. The maximum absolute atomic E-state index is 12.1. The van der Waals surface area contributed by atoms with Crippen molar-refractivity contribution in [1.29, 1.82) is 0 Å². The van der Waals surface area contributed by atoms with E-state index in [2.05, 4.69) is 12.2 Å². The Balaban J connectivity index is 2.34. The molecule has 19 heavy (non-hydrogen) atoms. The number of amides is 1. The van der Waals surface area contributed by atoms with Gasteiger partial charge in [0.25, 0.3) is 5.91 Å². The fourth-order valence-electron chi connectivity index (χ4n) is 1.94. The minimum atomic E-state index is -0.103. The molecule has 0 aliphatic heterocycles. The molecule has 0 radical (unpaired) electrons. The van der Waals surface area contributed by atoms with E-state index in [0.29, 0.717) is 22.9 Å². The summed E-state index contributed by atoms with van der Waals surface area (Å²) in [6.45, 7) is 2.77. The van der Waals surface area contributed by atoms with Crippen molar-refractivity contribution in [3.8, 4) is 5.75 Å². The predicted octanol–water partition coefficient (Wildman–Crippen LogP) is 3.02. The van der Waals surface area contributed by atoms with Crippen molar-refractivity contribution < 1.29 is 9.53 Å². The van der Waals surface area contributed by atoms with Crippen molar-refractivity contribution in [2.24, 2.45) is 0 Å². The first-order chi connectivity index (χ1) is 9.19. The average Bonchev–Trinajstić information content (AvgIpc) is 2.76. The molecule has 5 heteroatoms. The zero-order chi connectivity index (χ0) is 13.8. The van der Waals surface area contributed by atoms with E-state index in [4.69, 9.17) is 10.5 Å². The van der Waals surface area contributed by atoms with Gasteiger partial charge in [-0.25, -0.2) is 0 Å². The van der Waals surface area contributed by atoms with E-state index in [1.54, 1.807) is 7.11 Å². The molecule has 0 aliphatic rings. The lowest BCUT2D eigenvalue weighted by molar-refractivity contribution is 0.0958. The minimum Gasteiger partial charge on any atom is -0.496 e. The summed E-state index contributed by atoms with van der Waals surface area (Å²) in [6, 6.07) is 5.70. The topological polar surface area (TPSA) is 64.3 Å². The van der Waals surface area contributed by atoms with Crippen LogP contribution in [0.5, 0.6) is 5.75 Å². The molecule has 0 unspecified atom stereocenters. The monoisotopic (exact) mass is 278 g/mol. The summed E-state index contributed by atoms with van der Waals surface area (Å²) in [4.78, 5) is 12.7. The first-order valence-corrected chi connectivity index (χ1v) is 7.13. The summed E-state index contributed by atoms with van der Waals surface area (Å²) in [7, 11) is 1.60. The Morgan fingerprint density at radius 1 is 1.47 bits per heavy atom. The number of hydrogen-bond acceptors (Lipinski definition) is 4. The van der Waals surface area contributed by atoms with Crippen molar-refractivity contribution >= 4 is 33.0 Å². The Labute approximate surface area is 116 Å². The van der Waals surface area contributed by atoms with Crippen LogP contribution in [0.25, 0.3) is 10.1 Å². The minimum absolute atomic E-state index is 0.103. The van der Waals surface area contributed by atoms with E-state index in [0.717, 1.165) is 22.9 Å². The summed E-state index contributed by atoms with van der Waals surface area (Å²) in [5, 5.41) is 3.72. The van der Waals surface area contributed by atoms with Gasteiger partial charge >= 0.3 is 0 Å². The van der Waals surface area contributed by atoms with Crippen LogP contribution in [-0.2, 0) is 0 Å². The molecule has 0 atom stereocenters. The molecule has 1 heterocycles. The third kappa shape index (κ3) is 2.66. The van der Waals surface area contributed by atoms with Gasteiger partial charge < -0.3 is 15.8 Å². The number of methoxy groups -OCH3 is 1. The van der Waals surface area contributed by atoms with Crippen LogP contribution in [0, 0.1) is 0 Å². The summed E-state index contributed by atoms with van der Waals surface area (Å²) in [5.41, 5.74) is 6.60. The first kappa shape index (κ1) is 13.7. The lowest BCUT2D eigenvalue weighted by Crippen LogP contribution is -2.24. The number of unbranched alkanes of at least 4 members (excludes halogenated alkanes) is 1. The van der Waals surface area contributed by atoms with E-state index in [1.165, 1.54) is 11.3 Å². The predicted molar refractivity (Wildman–Crippen MR) is 80.0 cm³/mol. The Morgan fingerprint density at radius 2 is 2.26 bits per heavy atom. The molecule has 2 aromatic rings. The van der Waals surface area contributed by atoms with E-state index in [-0.39, 0.29) is 5.91 Å². The third-order valence-electron chi connectivity index (χ3n) is 2.96. The van der Waals surface area contributed by atoms with Crippen LogP contribution >= 0.6 is 11.3 Å². The largest absolute Gasteiger partial charge is 0.496 e. The number of nitrogens with one attached hydrogen (secondary N) is 1. The summed E-state index contributed by atoms with van der Waals surface area (Å²) in [6.07, 6.45) is 2.02. The molecule has 0 aliphatic carbocycles. The van der Waals surface area contributed by atoms with E-state index >= 15 is 0 Å². The molecule has 1 amide bonds. The Kier molecular flexibility index (Phi) is 4.27. The number of carbonyl (C=O) groups is 1. The van der Waals surface area contributed by atoms with Gasteiger partial charge in [-0.1, -0.05) is 19.4 Å². The molecule has 0 fully saturated rings. The molecule has 1 aromatic heterocycles. The van der Waals surface area contributed by atoms with Gasteiger partial charge in [-0.05, 0) is 18.6 Å². The van der Waals surface area contributed by atoms with Crippen molar-refractivity contribution in [2.75, 3.05) is 19.4 Å². The van der Waals surface area contributed by atoms with Crippen LogP contribution in [0.3, 0.4) is 0 Å². The number of anilines is 1. The van der Waals surface area contributed by atoms with Crippen molar-refractivity contribution in [3.05, 3.63) is 23.1 Å². The highest BCUT2D eigenvalue weighted by atomic mass is 32.1. The SMILES string of the molecule is CCCCNC(=O)c1sc2cccc(OC)c2c1N. The fraction of sp³-hybridized carbons (Fsp3) is 0.357. The highest BCUT2D eigenvalue weighted by Crippen LogP contribution is 2.39. The summed E-state index contributed by atoms with van der Waals surface area (Å²) < 4.78 is 6.26. The average molecular weight is 278 g/mol. The molecular formula is C14H18N2O2S. The smallest absolute Gasteiger partial charge is 0.263 e. The van der Waals surface area contributed by atoms with Crippen LogP contribution in [-0.4, -0.2) is 19.6 Å². The maximum Gasteiger partial charge on any atom is 0.263 e. The zero-order valence-corrected chi connectivity index (χ0v) is 12.0. The number of thiophene rings is 1. The van der Waals surface area contributed by atoms with Gasteiger partial charge in [0.15, 0.2) is 0 Å². The van der Waals surface area contributed by atoms with Gasteiger partial charge in [0, 0.05) is 11.2 Å². The number of carbonyl (C=O) groups excluding carboxylic acids is 1. The van der Waals surface area contributed by atoms with E-state index in [9.17, 15) is 4.79 Å². The quantitative estimate of drug-likeness (QED) is 0.826. The van der Waals surface area contributed by atoms with Crippen LogP contribution in [0.2, 0.25) is 0 Å². The van der Waals surface area contributed by atoms with Gasteiger partial charge in [-0.15, -0.1) is 11.3 Å². The van der Waals surface area contributed by atoms with Crippen LogP contribution in [0.4, 0.5) is 5.69 Å². The number of nitrogen functional groups attached to an aromatic ring is 1. The van der Waals surface area contributed by atoms with Crippen LogP contribution in [0.15, 0.2) is 18.2 Å².